The van der Waals surface area contributed by atoms with Crippen LogP contribution in [-0.4, -0.2) is 140 Å². The van der Waals surface area contributed by atoms with Crippen LogP contribution in [0.25, 0.3) is 0 Å². The zero-order valence-corrected chi connectivity index (χ0v) is 61.3. The van der Waals surface area contributed by atoms with E-state index in [9.17, 15) is 45.6 Å². The SMILES string of the molecule is CC/C=C\C/C=C\C/C=C\C/C=C\C/C=C\C/C=C\C/C=C\CCCCCCCCCCCCCCCCCC(=O)NC(COC1OC(CO)C(OC2OC(CO)C(O)C(O)C2O)C(O)C1O)C(O)/C=C/CC/C=C/CCCCCCCCCCCCCCCCCCCCCC. The minimum Gasteiger partial charge on any atom is -0.394 e. The Morgan fingerprint density at radius 1 is 0.381 bits per heavy atom. The van der Waals surface area contributed by atoms with Crippen LogP contribution in [0.3, 0.4) is 0 Å². The molecule has 0 radical (unpaired) electrons. The molecule has 9 N–H and O–H groups in total. The maximum Gasteiger partial charge on any atom is 0.220 e. The molecule has 14 heteroatoms. The van der Waals surface area contributed by atoms with Crippen LogP contribution >= 0.6 is 0 Å². The summed E-state index contributed by atoms with van der Waals surface area (Å²) in [6, 6.07) is -0.939. The Morgan fingerprint density at radius 3 is 1.13 bits per heavy atom. The molecule has 560 valence electrons. The van der Waals surface area contributed by atoms with Crippen molar-refractivity contribution >= 4 is 5.91 Å². The fourth-order valence-corrected chi connectivity index (χ4v) is 12.5. The zero-order chi connectivity index (χ0) is 70.1. The monoisotopic (exact) mass is 1360 g/mol. The fraction of sp³-hybridized carbons (Fsp3) is 0.771. The highest BCUT2D eigenvalue weighted by Crippen LogP contribution is 2.30. The molecule has 14 nitrogen and oxygen atoms in total. The Labute approximate surface area is 591 Å². The van der Waals surface area contributed by atoms with Crippen molar-refractivity contribution in [3.8, 4) is 0 Å². The molecule has 0 spiro atoms. The first-order valence-electron chi connectivity index (χ1n) is 39.6. The predicted molar refractivity (Wildman–Crippen MR) is 401 cm³/mol. The van der Waals surface area contributed by atoms with Crippen LogP contribution in [0, 0.1) is 0 Å². The number of aliphatic hydroxyl groups is 8. The Balaban J connectivity index is 1.63. The Hall–Kier alpha value is -3.35. The molecule has 0 aromatic heterocycles. The van der Waals surface area contributed by atoms with Gasteiger partial charge < -0.3 is 65.1 Å². The molecule has 2 heterocycles. The molecule has 2 rings (SSSR count). The van der Waals surface area contributed by atoms with Gasteiger partial charge in [0.25, 0.3) is 0 Å². The lowest BCUT2D eigenvalue weighted by Crippen LogP contribution is -2.65. The molecule has 2 saturated heterocycles. The topological polar surface area (TPSA) is 228 Å². The highest BCUT2D eigenvalue weighted by molar-refractivity contribution is 5.76. The van der Waals surface area contributed by atoms with Crippen molar-refractivity contribution in [2.45, 2.75) is 389 Å². The van der Waals surface area contributed by atoms with E-state index in [0.717, 1.165) is 77.0 Å². The van der Waals surface area contributed by atoms with E-state index in [0.29, 0.717) is 12.8 Å². The summed E-state index contributed by atoms with van der Waals surface area (Å²) < 4.78 is 22.9. The standard InChI is InChI=1S/C83H145NO13/c1-3-5-7-9-11-13-15-17-19-21-23-25-27-29-31-32-33-34-35-36-37-38-39-40-41-43-45-47-49-51-53-55-57-59-61-63-65-67-75(88)84-71(70-94-82-80(93)78(91)81(74(69-86)96-82)97-83-79(92)77(90)76(89)73(68-85)95-83)72(87)66-64-62-60-58-56-54-52-50-48-46-44-42-30-28-26-24-22-20-18-16-14-12-10-8-6-4-2/h5,7,11,13,17,19,23,25,29,31,33-34,36-37,56,58,64,66,71-74,76-83,85-87,89-93H,3-4,6,8-10,12,14-16,18,20-22,24,26-28,30,32,35,38-55,57,59-63,65,67-70H2,1-2H3,(H,84,88)/b7-5-,13-11-,19-17-,25-23-,31-29-,34-33-,37-36-,58-56+,66-64+. The molecule has 0 aromatic carbocycles. The van der Waals surface area contributed by atoms with Crippen molar-refractivity contribution in [2.75, 3.05) is 19.8 Å². The van der Waals surface area contributed by atoms with E-state index in [-0.39, 0.29) is 18.9 Å². The van der Waals surface area contributed by atoms with E-state index in [1.54, 1.807) is 6.08 Å². The Kier molecular flexibility index (Phi) is 61.0. The highest BCUT2D eigenvalue weighted by Gasteiger charge is 2.51. The predicted octanol–water partition coefficient (Wildman–Crippen LogP) is 17.9. The lowest BCUT2D eigenvalue weighted by molar-refractivity contribution is -0.359. The number of hydrogen-bond donors (Lipinski definition) is 9. The molecule has 0 aliphatic carbocycles. The molecule has 0 bridgehead atoms. The first-order valence-corrected chi connectivity index (χ1v) is 39.6. The van der Waals surface area contributed by atoms with Crippen molar-refractivity contribution in [1.29, 1.82) is 0 Å². The number of carbonyl (C=O) groups excluding carboxylic acids is 1. The van der Waals surface area contributed by atoms with Gasteiger partial charge in [-0.15, -0.1) is 0 Å². The number of aliphatic hydroxyl groups excluding tert-OH is 8. The maximum absolute atomic E-state index is 13.4. The summed E-state index contributed by atoms with van der Waals surface area (Å²) >= 11 is 0. The van der Waals surface area contributed by atoms with Crippen molar-refractivity contribution < 1.29 is 64.6 Å². The second kappa shape index (κ2) is 65.9. The summed E-state index contributed by atoms with van der Waals surface area (Å²) in [5, 5.41) is 87.6. The van der Waals surface area contributed by atoms with Gasteiger partial charge in [-0.05, 0) is 89.9 Å². The highest BCUT2D eigenvalue weighted by atomic mass is 16.7. The molecule has 2 fully saturated rings. The van der Waals surface area contributed by atoms with Gasteiger partial charge in [-0.1, -0.05) is 329 Å². The summed E-state index contributed by atoms with van der Waals surface area (Å²) in [6.45, 7) is 2.70. The lowest BCUT2D eigenvalue weighted by atomic mass is 9.97. The number of allylic oxidation sites excluding steroid dienone is 17. The average Bonchev–Trinajstić information content (AvgIpc) is 0.794. The summed E-state index contributed by atoms with van der Waals surface area (Å²) in [6.07, 6.45) is 78.8. The van der Waals surface area contributed by atoms with Gasteiger partial charge in [0.05, 0.1) is 32.0 Å². The first-order chi connectivity index (χ1) is 47.6. The number of carbonyl (C=O) groups is 1. The minimum atomic E-state index is -1.80. The molecule has 97 heavy (non-hydrogen) atoms. The van der Waals surface area contributed by atoms with E-state index in [4.69, 9.17) is 18.9 Å². The maximum atomic E-state index is 13.4. The molecule has 12 atom stereocenters. The Morgan fingerprint density at radius 2 is 0.722 bits per heavy atom. The largest absolute Gasteiger partial charge is 0.394 e. The van der Waals surface area contributed by atoms with Crippen molar-refractivity contribution in [3.05, 3.63) is 109 Å². The first kappa shape index (κ1) is 89.7. The summed E-state index contributed by atoms with van der Waals surface area (Å²) in [4.78, 5) is 13.4. The third kappa shape index (κ3) is 49.0. The van der Waals surface area contributed by atoms with Crippen LogP contribution < -0.4 is 5.32 Å². The second-order valence-corrected chi connectivity index (χ2v) is 27.4. The molecule has 12 unspecified atom stereocenters. The van der Waals surface area contributed by atoms with E-state index >= 15 is 0 Å². The number of hydrogen-bond acceptors (Lipinski definition) is 13. The molecular formula is C83H145NO13. The number of rotatable bonds is 65. The zero-order valence-electron chi connectivity index (χ0n) is 61.3. The molecule has 0 aromatic rings. The third-order valence-corrected chi connectivity index (χ3v) is 18.7. The van der Waals surface area contributed by atoms with Crippen LogP contribution in [0.5, 0.6) is 0 Å². The molecular weight excluding hydrogens is 1220 g/mol. The number of ether oxygens (including phenoxy) is 4. The summed E-state index contributed by atoms with van der Waals surface area (Å²) in [5.41, 5.74) is 0. The van der Waals surface area contributed by atoms with Gasteiger partial charge >= 0.3 is 0 Å². The van der Waals surface area contributed by atoms with Crippen LogP contribution in [-0.2, 0) is 23.7 Å². The van der Waals surface area contributed by atoms with E-state index < -0.39 is 86.8 Å². The number of nitrogens with one attached hydrogen (secondary N) is 1. The van der Waals surface area contributed by atoms with Crippen molar-refractivity contribution in [3.63, 3.8) is 0 Å². The molecule has 1 amide bonds. The van der Waals surface area contributed by atoms with E-state index in [2.05, 4.69) is 116 Å². The Bertz CT molecular complexity index is 2050. The minimum absolute atomic E-state index is 0.249. The second-order valence-electron chi connectivity index (χ2n) is 27.4. The van der Waals surface area contributed by atoms with Gasteiger partial charge in [-0.3, -0.25) is 4.79 Å². The van der Waals surface area contributed by atoms with Crippen LogP contribution in [0.1, 0.15) is 316 Å². The molecule has 2 aliphatic heterocycles. The number of unbranched alkanes of at least 4 members (excludes halogenated alkanes) is 36. The van der Waals surface area contributed by atoms with Crippen molar-refractivity contribution in [1.82, 2.24) is 5.32 Å². The summed E-state index contributed by atoms with van der Waals surface area (Å²) in [7, 11) is 0. The van der Waals surface area contributed by atoms with Crippen LogP contribution in [0.2, 0.25) is 0 Å². The summed E-state index contributed by atoms with van der Waals surface area (Å²) in [5.74, 6) is -0.249. The average molecular weight is 1370 g/mol. The van der Waals surface area contributed by atoms with Crippen LogP contribution in [0.15, 0.2) is 109 Å². The third-order valence-electron chi connectivity index (χ3n) is 18.7. The van der Waals surface area contributed by atoms with Gasteiger partial charge in [-0.25, -0.2) is 0 Å². The smallest absolute Gasteiger partial charge is 0.220 e. The molecule has 0 saturated carbocycles. The quantitative estimate of drug-likeness (QED) is 0.0204. The fourth-order valence-electron chi connectivity index (χ4n) is 12.5. The van der Waals surface area contributed by atoms with Gasteiger partial charge in [0.15, 0.2) is 12.6 Å². The van der Waals surface area contributed by atoms with Gasteiger partial charge in [0, 0.05) is 6.42 Å². The van der Waals surface area contributed by atoms with Gasteiger partial charge in [0.2, 0.25) is 5.91 Å². The lowest BCUT2D eigenvalue weighted by Gasteiger charge is -2.46. The van der Waals surface area contributed by atoms with Gasteiger partial charge in [-0.2, -0.15) is 0 Å². The normalized spacial score (nSPS) is 22.7. The van der Waals surface area contributed by atoms with Crippen LogP contribution in [0.4, 0.5) is 0 Å². The van der Waals surface area contributed by atoms with E-state index in [1.165, 1.54) is 205 Å². The molecule has 2 aliphatic rings. The van der Waals surface area contributed by atoms with Gasteiger partial charge in [0.1, 0.15) is 48.8 Å². The van der Waals surface area contributed by atoms with E-state index in [1.807, 2.05) is 6.08 Å². The van der Waals surface area contributed by atoms with Crippen molar-refractivity contribution in [2.24, 2.45) is 0 Å². The number of amides is 1.